The van der Waals surface area contributed by atoms with Gasteiger partial charge in [-0.2, -0.15) is 0 Å². The van der Waals surface area contributed by atoms with E-state index in [0.717, 1.165) is 31.1 Å². The van der Waals surface area contributed by atoms with Crippen molar-refractivity contribution < 1.29 is 13.2 Å². The fourth-order valence-corrected chi connectivity index (χ4v) is 4.97. The number of amides is 1. The van der Waals surface area contributed by atoms with E-state index in [1.165, 1.54) is 4.40 Å². The van der Waals surface area contributed by atoms with Crippen LogP contribution in [0.2, 0.25) is 10.0 Å². The molecular formula is C20H19Cl2N3O3S. The molecule has 0 unspecified atom stereocenters. The van der Waals surface area contributed by atoms with Crippen LogP contribution in [0.1, 0.15) is 35.3 Å². The van der Waals surface area contributed by atoms with E-state index >= 15 is 0 Å². The number of fused-ring (bicyclic) bond motifs is 1. The molecule has 4 rings (SSSR count). The number of hydrogen-bond acceptors (Lipinski definition) is 4. The van der Waals surface area contributed by atoms with E-state index in [1.54, 1.807) is 36.5 Å². The molecule has 2 aromatic heterocycles. The van der Waals surface area contributed by atoms with Crippen LogP contribution in [0.25, 0.3) is 5.52 Å². The molecule has 1 saturated carbocycles. The Morgan fingerprint density at radius 1 is 1.24 bits per heavy atom. The van der Waals surface area contributed by atoms with Crippen LogP contribution in [-0.4, -0.2) is 35.5 Å². The summed E-state index contributed by atoms with van der Waals surface area (Å²) in [5, 5.41) is 4.06. The van der Waals surface area contributed by atoms with Crippen LogP contribution in [0.5, 0.6) is 0 Å². The van der Waals surface area contributed by atoms with Gasteiger partial charge in [0.25, 0.3) is 5.91 Å². The van der Waals surface area contributed by atoms with Gasteiger partial charge < -0.3 is 5.32 Å². The first-order chi connectivity index (χ1) is 13.7. The molecule has 9 heteroatoms. The summed E-state index contributed by atoms with van der Waals surface area (Å²) < 4.78 is 25.6. The molecule has 1 amide bonds. The van der Waals surface area contributed by atoms with Crippen LogP contribution in [0.3, 0.4) is 0 Å². The van der Waals surface area contributed by atoms with Gasteiger partial charge in [-0.25, -0.2) is 13.4 Å². The third-order valence-electron chi connectivity index (χ3n) is 5.30. The van der Waals surface area contributed by atoms with Gasteiger partial charge in [0, 0.05) is 28.0 Å². The lowest BCUT2D eigenvalue weighted by Gasteiger charge is -2.43. The summed E-state index contributed by atoms with van der Waals surface area (Å²) >= 11 is 12.3. The molecule has 3 aromatic rings. The normalized spacial score (nSPS) is 15.8. The average Bonchev–Trinajstić information content (AvgIpc) is 3.02. The summed E-state index contributed by atoms with van der Waals surface area (Å²) in [6.45, 7) is 0. The monoisotopic (exact) mass is 451 g/mol. The number of sulfone groups is 1. The maximum Gasteiger partial charge on any atom is 0.272 e. The van der Waals surface area contributed by atoms with Gasteiger partial charge in [0.15, 0.2) is 5.69 Å². The quantitative estimate of drug-likeness (QED) is 0.636. The number of benzene rings is 1. The second kappa shape index (κ2) is 7.31. The predicted molar refractivity (Wildman–Crippen MR) is 113 cm³/mol. The molecule has 6 nitrogen and oxygen atoms in total. The Labute approximate surface area is 178 Å². The zero-order chi connectivity index (χ0) is 20.8. The number of rotatable bonds is 5. The van der Waals surface area contributed by atoms with E-state index in [1.807, 2.05) is 6.07 Å². The Morgan fingerprint density at radius 2 is 2.00 bits per heavy atom. The molecule has 2 heterocycles. The molecule has 0 spiro atoms. The Kier molecular flexibility index (Phi) is 5.09. The Bertz CT molecular complexity index is 1220. The highest BCUT2D eigenvalue weighted by Crippen LogP contribution is 2.37. The van der Waals surface area contributed by atoms with Gasteiger partial charge in [-0.15, -0.1) is 0 Å². The van der Waals surface area contributed by atoms with E-state index in [4.69, 9.17) is 23.2 Å². The van der Waals surface area contributed by atoms with E-state index in [-0.39, 0.29) is 10.9 Å². The van der Waals surface area contributed by atoms with Crippen molar-refractivity contribution in [2.75, 3.05) is 6.26 Å². The summed E-state index contributed by atoms with van der Waals surface area (Å²) in [7, 11) is -3.59. The van der Waals surface area contributed by atoms with E-state index in [0.29, 0.717) is 22.0 Å². The minimum absolute atomic E-state index is 0.0968. The number of aromatic nitrogens is 2. The number of carbonyl (C=O) groups is 1. The zero-order valence-corrected chi connectivity index (χ0v) is 18.0. The van der Waals surface area contributed by atoms with Gasteiger partial charge in [0.1, 0.15) is 0 Å². The highest BCUT2D eigenvalue weighted by molar-refractivity contribution is 7.90. The van der Waals surface area contributed by atoms with Crippen molar-refractivity contribution in [3.05, 3.63) is 63.9 Å². The van der Waals surface area contributed by atoms with Crippen molar-refractivity contribution in [3.8, 4) is 0 Å². The zero-order valence-electron chi connectivity index (χ0n) is 15.7. The molecule has 0 bridgehead atoms. The van der Waals surface area contributed by atoms with Crippen molar-refractivity contribution in [2.24, 2.45) is 0 Å². The van der Waals surface area contributed by atoms with Crippen molar-refractivity contribution in [3.63, 3.8) is 0 Å². The van der Waals surface area contributed by atoms with E-state index in [2.05, 4.69) is 10.3 Å². The topological polar surface area (TPSA) is 80.5 Å². The Morgan fingerprint density at radius 3 is 2.62 bits per heavy atom. The van der Waals surface area contributed by atoms with Crippen LogP contribution >= 0.6 is 23.2 Å². The third-order valence-corrected chi connectivity index (χ3v) is 6.83. The van der Waals surface area contributed by atoms with Gasteiger partial charge >= 0.3 is 0 Å². The molecule has 1 N–H and O–H groups in total. The number of nitrogens with zero attached hydrogens (tertiary/aromatic N) is 2. The molecule has 152 valence electrons. The predicted octanol–water partition coefficient (Wildman–Crippen LogP) is 3.94. The van der Waals surface area contributed by atoms with Gasteiger partial charge in [-0.1, -0.05) is 35.3 Å². The number of carbonyl (C=O) groups excluding carboxylic acids is 1. The number of pyridine rings is 1. The molecule has 29 heavy (non-hydrogen) atoms. The van der Waals surface area contributed by atoms with Gasteiger partial charge in [-0.05, 0) is 55.5 Å². The van der Waals surface area contributed by atoms with Crippen LogP contribution in [0.4, 0.5) is 0 Å². The largest absolute Gasteiger partial charge is 0.345 e. The lowest BCUT2D eigenvalue weighted by Crippen LogP contribution is -2.55. The van der Waals surface area contributed by atoms with Gasteiger partial charge in [-0.3, -0.25) is 9.20 Å². The van der Waals surface area contributed by atoms with Crippen LogP contribution in [0.15, 0.2) is 47.8 Å². The molecular weight excluding hydrogens is 433 g/mol. The number of hydrogen-bond donors (Lipinski definition) is 1. The fraction of sp³-hybridized carbons (Fsp3) is 0.300. The number of imidazole rings is 1. The molecule has 1 aliphatic carbocycles. The first-order valence-electron chi connectivity index (χ1n) is 9.12. The average molecular weight is 452 g/mol. The maximum atomic E-state index is 13.1. The SMILES string of the molecule is CS(=O)(=O)c1nc(C(=O)NC2(Cc3ccc(Cl)cc3Cl)CCC2)c2ccccn12. The van der Waals surface area contributed by atoms with E-state index < -0.39 is 21.3 Å². The minimum atomic E-state index is -3.59. The summed E-state index contributed by atoms with van der Waals surface area (Å²) in [6, 6.07) is 10.4. The molecule has 0 atom stereocenters. The standard InChI is InChI=1S/C20H19Cl2N3O3S/c1-29(27,28)19-23-17(16-5-2-3-10-25(16)19)18(26)24-20(8-4-9-20)12-13-6-7-14(21)11-15(13)22/h2-3,5-7,10-11H,4,8-9,12H2,1H3,(H,24,26). The molecule has 0 saturated heterocycles. The maximum absolute atomic E-state index is 13.1. The minimum Gasteiger partial charge on any atom is -0.345 e. The second-order valence-corrected chi connectivity index (χ2v) is 10.2. The van der Waals surface area contributed by atoms with Crippen LogP contribution < -0.4 is 5.32 Å². The molecule has 1 aliphatic rings. The first kappa shape index (κ1) is 20.2. The van der Waals surface area contributed by atoms with Gasteiger partial charge in [0.2, 0.25) is 15.0 Å². The van der Waals surface area contributed by atoms with Crippen molar-refractivity contribution in [1.82, 2.24) is 14.7 Å². The van der Waals surface area contributed by atoms with Crippen molar-refractivity contribution in [2.45, 2.75) is 36.4 Å². The van der Waals surface area contributed by atoms with E-state index in [9.17, 15) is 13.2 Å². The van der Waals surface area contributed by atoms with Crippen LogP contribution in [0, 0.1) is 0 Å². The molecule has 1 fully saturated rings. The van der Waals surface area contributed by atoms with Crippen molar-refractivity contribution >= 4 is 44.5 Å². The first-order valence-corrected chi connectivity index (χ1v) is 11.8. The highest BCUT2D eigenvalue weighted by Gasteiger charge is 2.40. The Balaban J connectivity index is 1.66. The number of halogens is 2. The highest BCUT2D eigenvalue weighted by atomic mass is 35.5. The van der Waals surface area contributed by atoms with Crippen LogP contribution in [-0.2, 0) is 16.3 Å². The summed E-state index contributed by atoms with van der Waals surface area (Å²) in [5.41, 5.74) is 1.01. The van der Waals surface area contributed by atoms with Crippen molar-refractivity contribution in [1.29, 1.82) is 0 Å². The number of nitrogens with one attached hydrogen (secondary N) is 1. The Hall–Kier alpha value is -2.09. The summed E-state index contributed by atoms with van der Waals surface area (Å²) in [5.74, 6) is -0.395. The smallest absolute Gasteiger partial charge is 0.272 e. The molecule has 0 aliphatic heterocycles. The summed E-state index contributed by atoms with van der Waals surface area (Å²) in [6.07, 6.45) is 5.84. The molecule has 1 aromatic carbocycles. The molecule has 0 radical (unpaired) electrons. The fourth-order valence-electron chi connectivity index (χ4n) is 3.72. The lowest BCUT2D eigenvalue weighted by atomic mass is 9.72. The summed E-state index contributed by atoms with van der Waals surface area (Å²) in [4.78, 5) is 17.3. The van der Waals surface area contributed by atoms with Gasteiger partial charge in [0.05, 0.1) is 5.52 Å². The second-order valence-electron chi connectivity index (χ2n) is 7.47. The third kappa shape index (κ3) is 3.86. The lowest BCUT2D eigenvalue weighted by molar-refractivity contribution is 0.0823.